The number of H-pyrrole nitrogens is 2. The SMILES string of the molecule is NC1(c2nc3ccccc3[nH]2)CCN(c2ccnc3[nH]ccc23)CC1. The molecule has 1 aliphatic rings. The molecule has 0 amide bonds. The van der Waals surface area contributed by atoms with E-state index in [0.717, 1.165) is 53.8 Å². The smallest absolute Gasteiger partial charge is 0.139 e. The van der Waals surface area contributed by atoms with Crippen LogP contribution in [-0.4, -0.2) is 33.0 Å². The fourth-order valence-electron chi connectivity index (χ4n) is 3.79. The van der Waals surface area contributed by atoms with E-state index in [1.165, 1.54) is 5.69 Å². The number of nitrogens with zero attached hydrogens (tertiary/aromatic N) is 3. The quantitative estimate of drug-likeness (QED) is 0.527. The standard InChI is InChI=1S/C19H20N6/c20-19(18-23-14-3-1-2-4-15(14)24-18)7-11-25(12-8-19)16-6-10-22-17-13(16)5-9-21-17/h1-6,9-10H,7-8,11-12,20H2,(H,21,22)(H,23,24). The molecule has 1 saturated heterocycles. The van der Waals surface area contributed by atoms with E-state index in [9.17, 15) is 0 Å². The number of hydrogen-bond acceptors (Lipinski definition) is 4. The van der Waals surface area contributed by atoms with Crippen molar-refractivity contribution >= 4 is 27.8 Å². The van der Waals surface area contributed by atoms with Crippen LogP contribution in [0.2, 0.25) is 0 Å². The molecule has 1 fully saturated rings. The summed E-state index contributed by atoms with van der Waals surface area (Å²) < 4.78 is 0. The molecule has 4 heterocycles. The molecule has 6 nitrogen and oxygen atoms in total. The van der Waals surface area contributed by atoms with Crippen molar-refractivity contribution in [3.63, 3.8) is 0 Å². The van der Waals surface area contributed by atoms with Gasteiger partial charge in [0.15, 0.2) is 0 Å². The summed E-state index contributed by atoms with van der Waals surface area (Å²) in [6.45, 7) is 1.80. The number of nitrogens with two attached hydrogens (primary N) is 1. The fourth-order valence-corrected chi connectivity index (χ4v) is 3.79. The summed E-state index contributed by atoms with van der Waals surface area (Å²) in [7, 11) is 0. The predicted molar refractivity (Wildman–Crippen MR) is 99.5 cm³/mol. The molecule has 4 aromatic rings. The van der Waals surface area contributed by atoms with Gasteiger partial charge in [0.2, 0.25) is 0 Å². The minimum atomic E-state index is -0.403. The minimum absolute atomic E-state index is 0.403. The number of aromatic nitrogens is 4. The highest BCUT2D eigenvalue weighted by molar-refractivity contribution is 5.89. The highest BCUT2D eigenvalue weighted by Gasteiger charge is 2.35. The van der Waals surface area contributed by atoms with Crippen LogP contribution in [-0.2, 0) is 5.54 Å². The first-order valence-corrected chi connectivity index (χ1v) is 8.64. The number of anilines is 1. The minimum Gasteiger partial charge on any atom is -0.371 e. The van der Waals surface area contributed by atoms with Crippen LogP contribution in [0.15, 0.2) is 48.8 Å². The second-order valence-corrected chi connectivity index (χ2v) is 6.82. The zero-order valence-electron chi connectivity index (χ0n) is 13.9. The van der Waals surface area contributed by atoms with E-state index in [1.54, 1.807) is 0 Å². The van der Waals surface area contributed by atoms with E-state index in [4.69, 9.17) is 10.7 Å². The first kappa shape index (κ1) is 14.5. The molecule has 1 aliphatic heterocycles. The van der Waals surface area contributed by atoms with Crippen molar-refractivity contribution in [3.05, 3.63) is 54.6 Å². The average Bonchev–Trinajstić information content (AvgIpc) is 3.29. The highest BCUT2D eigenvalue weighted by atomic mass is 15.2. The lowest BCUT2D eigenvalue weighted by Crippen LogP contribution is -2.49. The lowest BCUT2D eigenvalue weighted by molar-refractivity contribution is 0.327. The van der Waals surface area contributed by atoms with Crippen molar-refractivity contribution in [1.29, 1.82) is 0 Å². The second-order valence-electron chi connectivity index (χ2n) is 6.82. The van der Waals surface area contributed by atoms with Crippen LogP contribution in [0, 0.1) is 0 Å². The van der Waals surface area contributed by atoms with Gasteiger partial charge < -0.3 is 20.6 Å². The third-order valence-corrected chi connectivity index (χ3v) is 5.29. The maximum absolute atomic E-state index is 6.74. The molecule has 126 valence electrons. The summed E-state index contributed by atoms with van der Waals surface area (Å²) in [6.07, 6.45) is 5.52. The van der Waals surface area contributed by atoms with Crippen molar-refractivity contribution in [3.8, 4) is 0 Å². The molecule has 0 unspecified atom stereocenters. The van der Waals surface area contributed by atoms with Gasteiger partial charge in [0.25, 0.3) is 0 Å². The molecule has 0 aliphatic carbocycles. The Bertz CT molecular complexity index is 1010. The van der Waals surface area contributed by atoms with Crippen molar-refractivity contribution in [2.24, 2.45) is 5.73 Å². The number of pyridine rings is 1. The maximum Gasteiger partial charge on any atom is 0.139 e. The molecule has 3 aromatic heterocycles. The summed E-state index contributed by atoms with van der Waals surface area (Å²) in [6, 6.07) is 12.3. The lowest BCUT2D eigenvalue weighted by atomic mass is 9.87. The van der Waals surface area contributed by atoms with E-state index in [0.29, 0.717) is 0 Å². The third-order valence-electron chi connectivity index (χ3n) is 5.29. The molecule has 0 bridgehead atoms. The topological polar surface area (TPSA) is 86.6 Å². The van der Waals surface area contributed by atoms with Crippen LogP contribution in [0.5, 0.6) is 0 Å². The molecule has 0 saturated carbocycles. The molecule has 0 radical (unpaired) electrons. The van der Waals surface area contributed by atoms with E-state index in [-0.39, 0.29) is 0 Å². The van der Waals surface area contributed by atoms with Gasteiger partial charge >= 0.3 is 0 Å². The number of para-hydroxylation sites is 2. The van der Waals surface area contributed by atoms with E-state index in [2.05, 4.69) is 32.0 Å². The van der Waals surface area contributed by atoms with E-state index >= 15 is 0 Å². The van der Waals surface area contributed by atoms with Crippen molar-refractivity contribution < 1.29 is 0 Å². The first-order valence-electron chi connectivity index (χ1n) is 8.64. The molecule has 0 spiro atoms. The van der Waals surface area contributed by atoms with Gasteiger partial charge in [0.1, 0.15) is 11.5 Å². The monoisotopic (exact) mass is 332 g/mol. The number of fused-ring (bicyclic) bond motifs is 2. The summed E-state index contributed by atoms with van der Waals surface area (Å²) in [5.41, 5.74) is 10.5. The van der Waals surface area contributed by atoms with Gasteiger partial charge in [-0.25, -0.2) is 9.97 Å². The summed E-state index contributed by atoms with van der Waals surface area (Å²) in [5, 5.41) is 1.16. The molecular formula is C19H20N6. The van der Waals surface area contributed by atoms with Crippen molar-refractivity contribution in [1.82, 2.24) is 19.9 Å². The lowest BCUT2D eigenvalue weighted by Gasteiger charge is -2.39. The second kappa shape index (κ2) is 5.32. The van der Waals surface area contributed by atoms with Gasteiger partial charge in [-0.05, 0) is 37.1 Å². The molecule has 5 rings (SSSR count). The van der Waals surface area contributed by atoms with E-state index in [1.807, 2.05) is 36.7 Å². The Balaban J connectivity index is 1.42. The zero-order valence-corrected chi connectivity index (χ0v) is 13.9. The number of imidazole rings is 1. The van der Waals surface area contributed by atoms with Gasteiger partial charge in [0, 0.05) is 36.6 Å². The van der Waals surface area contributed by atoms with Gasteiger partial charge in [-0.15, -0.1) is 0 Å². The van der Waals surface area contributed by atoms with Crippen molar-refractivity contribution in [2.75, 3.05) is 18.0 Å². The summed E-state index contributed by atoms with van der Waals surface area (Å²) >= 11 is 0. The van der Waals surface area contributed by atoms with Gasteiger partial charge in [-0.2, -0.15) is 0 Å². The van der Waals surface area contributed by atoms with Gasteiger partial charge in [-0.1, -0.05) is 12.1 Å². The zero-order chi connectivity index (χ0) is 16.9. The van der Waals surface area contributed by atoms with Crippen LogP contribution in [0.1, 0.15) is 18.7 Å². The largest absolute Gasteiger partial charge is 0.371 e. The third kappa shape index (κ3) is 2.29. The van der Waals surface area contributed by atoms with Crippen LogP contribution in [0.4, 0.5) is 5.69 Å². The Morgan fingerprint density at radius 2 is 1.92 bits per heavy atom. The van der Waals surface area contributed by atoms with Gasteiger partial charge in [0.05, 0.1) is 16.6 Å². The highest BCUT2D eigenvalue weighted by Crippen LogP contribution is 2.34. The first-order chi connectivity index (χ1) is 12.2. The molecule has 25 heavy (non-hydrogen) atoms. The van der Waals surface area contributed by atoms with Gasteiger partial charge in [-0.3, -0.25) is 0 Å². The Hall–Kier alpha value is -2.86. The fraction of sp³-hybridized carbons (Fsp3) is 0.263. The van der Waals surface area contributed by atoms with E-state index < -0.39 is 5.54 Å². The number of benzene rings is 1. The molecule has 1 aromatic carbocycles. The number of piperidine rings is 1. The molecular weight excluding hydrogens is 312 g/mol. The average molecular weight is 332 g/mol. The predicted octanol–water partition coefficient (Wildman–Crippen LogP) is 2.89. The van der Waals surface area contributed by atoms with Crippen LogP contribution in [0.3, 0.4) is 0 Å². The van der Waals surface area contributed by atoms with Crippen LogP contribution >= 0.6 is 0 Å². The normalized spacial score (nSPS) is 17.4. The summed E-state index contributed by atoms with van der Waals surface area (Å²) in [4.78, 5) is 18.1. The van der Waals surface area contributed by atoms with Crippen LogP contribution in [0.25, 0.3) is 22.1 Å². The number of hydrogen-bond donors (Lipinski definition) is 3. The maximum atomic E-state index is 6.74. The Morgan fingerprint density at radius 3 is 2.76 bits per heavy atom. The van der Waals surface area contributed by atoms with Crippen LogP contribution < -0.4 is 10.6 Å². The molecule has 6 heteroatoms. The molecule has 0 atom stereocenters. The number of nitrogens with one attached hydrogen (secondary N) is 2. The Labute approximate surface area is 145 Å². The van der Waals surface area contributed by atoms with Crippen molar-refractivity contribution in [2.45, 2.75) is 18.4 Å². The molecule has 4 N–H and O–H groups in total. The summed E-state index contributed by atoms with van der Waals surface area (Å²) in [5.74, 6) is 0.898. The number of aromatic amines is 2. The Kier molecular flexibility index (Phi) is 3.08. The Morgan fingerprint density at radius 1 is 1.08 bits per heavy atom. The number of rotatable bonds is 2.